The van der Waals surface area contributed by atoms with Crippen LogP contribution in [0.1, 0.15) is 56.3 Å². The van der Waals surface area contributed by atoms with E-state index in [2.05, 4.69) is 10.0 Å². The van der Waals surface area contributed by atoms with Crippen LogP contribution in [0.25, 0.3) is 0 Å². The SMILES string of the molecule is CC(C)Oc1ccc(NS(=O)(=O)c2ccccc2)cc1C(=O)NC1CCCCC1. The Labute approximate surface area is 172 Å². The van der Waals surface area contributed by atoms with E-state index in [0.29, 0.717) is 17.0 Å². The lowest BCUT2D eigenvalue weighted by Crippen LogP contribution is -2.36. The lowest BCUT2D eigenvalue weighted by molar-refractivity contribution is 0.0922. The average Bonchev–Trinajstić information content (AvgIpc) is 2.70. The molecule has 29 heavy (non-hydrogen) atoms. The highest BCUT2D eigenvalue weighted by Crippen LogP contribution is 2.27. The third-order valence-corrected chi connectivity index (χ3v) is 6.23. The highest BCUT2D eigenvalue weighted by molar-refractivity contribution is 7.92. The van der Waals surface area contributed by atoms with Crippen molar-refractivity contribution in [2.75, 3.05) is 4.72 Å². The summed E-state index contributed by atoms with van der Waals surface area (Å²) in [4.78, 5) is 13.1. The van der Waals surface area contributed by atoms with Gasteiger partial charge in [-0.3, -0.25) is 9.52 Å². The molecule has 1 aliphatic carbocycles. The molecule has 7 heteroatoms. The fourth-order valence-electron chi connectivity index (χ4n) is 3.45. The van der Waals surface area contributed by atoms with Crippen molar-refractivity contribution in [1.29, 1.82) is 0 Å². The van der Waals surface area contributed by atoms with E-state index >= 15 is 0 Å². The van der Waals surface area contributed by atoms with E-state index in [1.165, 1.54) is 24.6 Å². The van der Waals surface area contributed by atoms with Crippen molar-refractivity contribution in [3.63, 3.8) is 0 Å². The summed E-state index contributed by atoms with van der Waals surface area (Å²) >= 11 is 0. The minimum Gasteiger partial charge on any atom is -0.490 e. The summed E-state index contributed by atoms with van der Waals surface area (Å²) in [7, 11) is -3.74. The Morgan fingerprint density at radius 2 is 1.72 bits per heavy atom. The maximum absolute atomic E-state index is 12.9. The summed E-state index contributed by atoms with van der Waals surface area (Å²) in [5.41, 5.74) is 0.649. The van der Waals surface area contributed by atoms with Crippen LogP contribution in [0, 0.1) is 0 Å². The number of anilines is 1. The molecule has 0 aromatic heterocycles. The summed E-state index contributed by atoms with van der Waals surface area (Å²) in [5.74, 6) is 0.198. The molecule has 1 fully saturated rings. The minimum absolute atomic E-state index is 0.108. The highest BCUT2D eigenvalue weighted by Gasteiger charge is 2.21. The van der Waals surface area contributed by atoms with E-state index in [-0.39, 0.29) is 22.9 Å². The molecule has 2 N–H and O–H groups in total. The number of carbonyl (C=O) groups excluding carboxylic acids is 1. The van der Waals surface area contributed by atoms with Crippen molar-refractivity contribution in [1.82, 2.24) is 5.32 Å². The van der Waals surface area contributed by atoms with E-state index in [1.54, 1.807) is 30.3 Å². The number of carbonyl (C=O) groups is 1. The first-order valence-corrected chi connectivity index (χ1v) is 11.5. The summed E-state index contributed by atoms with van der Waals surface area (Å²) in [6, 6.07) is 13.1. The first-order chi connectivity index (χ1) is 13.8. The Bertz CT molecular complexity index is 937. The molecule has 3 rings (SSSR count). The highest BCUT2D eigenvalue weighted by atomic mass is 32.2. The molecule has 0 aliphatic heterocycles. The van der Waals surface area contributed by atoms with Crippen molar-refractivity contribution < 1.29 is 17.9 Å². The van der Waals surface area contributed by atoms with Gasteiger partial charge >= 0.3 is 0 Å². The summed E-state index contributed by atoms with van der Waals surface area (Å²) in [5, 5.41) is 3.07. The smallest absolute Gasteiger partial charge is 0.261 e. The van der Waals surface area contributed by atoms with Crippen LogP contribution >= 0.6 is 0 Å². The summed E-state index contributed by atoms with van der Waals surface area (Å²) < 4.78 is 33.6. The number of benzene rings is 2. The molecule has 1 saturated carbocycles. The van der Waals surface area contributed by atoms with Gasteiger partial charge in [-0.2, -0.15) is 0 Å². The normalized spacial score (nSPS) is 15.1. The molecule has 6 nitrogen and oxygen atoms in total. The second-order valence-corrected chi connectivity index (χ2v) is 9.29. The maximum Gasteiger partial charge on any atom is 0.261 e. The molecule has 0 unspecified atom stereocenters. The number of rotatable bonds is 7. The molecule has 0 radical (unpaired) electrons. The van der Waals surface area contributed by atoms with Crippen molar-refractivity contribution in [2.45, 2.75) is 63.0 Å². The monoisotopic (exact) mass is 416 g/mol. The third-order valence-electron chi connectivity index (χ3n) is 4.83. The van der Waals surface area contributed by atoms with Gasteiger partial charge in [-0.1, -0.05) is 37.5 Å². The molecule has 0 bridgehead atoms. The number of nitrogens with one attached hydrogen (secondary N) is 2. The predicted octanol–water partition coefficient (Wildman–Crippen LogP) is 4.34. The van der Waals surface area contributed by atoms with Crippen molar-refractivity contribution in [3.05, 3.63) is 54.1 Å². The zero-order valence-corrected chi connectivity index (χ0v) is 17.7. The van der Waals surface area contributed by atoms with Gasteiger partial charge < -0.3 is 10.1 Å². The molecule has 2 aromatic rings. The van der Waals surface area contributed by atoms with Crippen LogP contribution in [0.3, 0.4) is 0 Å². The lowest BCUT2D eigenvalue weighted by Gasteiger charge is -2.24. The lowest BCUT2D eigenvalue weighted by atomic mass is 9.95. The Hall–Kier alpha value is -2.54. The van der Waals surface area contributed by atoms with Crippen LogP contribution in [0.5, 0.6) is 5.75 Å². The molecular formula is C22H28N2O4S. The van der Waals surface area contributed by atoms with Crippen LogP contribution in [-0.4, -0.2) is 26.5 Å². The predicted molar refractivity (Wildman–Crippen MR) is 114 cm³/mol. The Balaban J connectivity index is 1.85. The van der Waals surface area contributed by atoms with Crippen molar-refractivity contribution in [3.8, 4) is 5.75 Å². The van der Waals surface area contributed by atoms with Crippen LogP contribution in [0.15, 0.2) is 53.4 Å². The van der Waals surface area contributed by atoms with E-state index in [4.69, 9.17) is 4.74 Å². The first-order valence-electron chi connectivity index (χ1n) is 10.0. The van der Waals surface area contributed by atoms with Gasteiger partial charge in [0.05, 0.1) is 16.6 Å². The topological polar surface area (TPSA) is 84.5 Å². The van der Waals surface area contributed by atoms with E-state index in [0.717, 1.165) is 25.7 Å². The zero-order valence-electron chi connectivity index (χ0n) is 16.9. The fourth-order valence-corrected chi connectivity index (χ4v) is 4.52. The van der Waals surface area contributed by atoms with E-state index < -0.39 is 10.0 Å². The quantitative estimate of drug-likeness (QED) is 0.703. The number of ether oxygens (including phenoxy) is 1. The summed E-state index contributed by atoms with van der Waals surface area (Å²) in [6.07, 6.45) is 5.24. The third kappa shape index (κ3) is 5.73. The fraction of sp³-hybridized carbons (Fsp3) is 0.409. The van der Waals surface area contributed by atoms with Crippen LogP contribution in [0.4, 0.5) is 5.69 Å². The number of sulfonamides is 1. The standard InChI is InChI=1S/C22H28N2O4S/c1-16(2)28-21-14-13-18(24-29(26,27)19-11-7-4-8-12-19)15-20(21)22(25)23-17-9-5-3-6-10-17/h4,7-8,11-17,24H,3,5-6,9-10H2,1-2H3,(H,23,25). The molecule has 1 amide bonds. The van der Waals surface area contributed by atoms with Gasteiger partial charge in [0, 0.05) is 11.7 Å². The molecule has 0 heterocycles. The van der Waals surface area contributed by atoms with E-state index in [9.17, 15) is 13.2 Å². The Kier molecular flexibility index (Phi) is 6.79. The van der Waals surface area contributed by atoms with Gasteiger partial charge in [0.2, 0.25) is 0 Å². The minimum atomic E-state index is -3.74. The average molecular weight is 417 g/mol. The van der Waals surface area contributed by atoms with Crippen molar-refractivity contribution in [2.24, 2.45) is 0 Å². The zero-order chi connectivity index (χ0) is 20.9. The van der Waals surface area contributed by atoms with Crippen LogP contribution in [-0.2, 0) is 10.0 Å². The molecule has 0 saturated heterocycles. The van der Waals surface area contributed by atoms with Gasteiger partial charge in [-0.05, 0) is 57.0 Å². The Morgan fingerprint density at radius 3 is 2.38 bits per heavy atom. The van der Waals surface area contributed by atoms with E-state index in [1.807, 2.05) is 13.8 Å². The van der Waals surface area contributed by atoms with Crippen LogP contribution in [0.2, 0.25) is 0 Å². The molecule has 2 aromatic carbocycles. The number of hydrogen-bond donors (Lipinski definition) is 2. The van der Waals surface area contributed by atoms with Gasteiger partial charge in [0.1, 0.15) is 5.75 Å². The van der Waals surface area contributed by atoms with Gasteiger partial charge in [-0.25, -0.2) is 8.42 Å². The molecule has 156 valence electrons. The van der Waals surface area contributed by atoms with Gasteiger partial charge in [-0.15, -0.1) is 0 Å². The van der Waals surface area contributed by atoms with Crippen LogP contribution < -0.4 is 14.8 Å². The number of hydrogen-bond acceptors (Lipinski definition) is 4. The first kappa shape index (κ1) is 21.2. The molecule has 0 atom stereocenters. The molecular weight excluding hydrogens is 388 g/mol. The van der Waals surface area contributed by atoms with Gasteiger partial charge in [0.15, 0.2) is 0 Å². The largest absolute Gasteiger partial charge is 0.490 e. The summed E-state index contributed by atoms with van der Waals surface area (Å²) in [6.45, 7) is 3.77. The van der Waals surface area contributed by atoms with Crippen molar-refractivity contribution >= 4 is 21.6 Å². The second-order valence-electron chi connectivity index (χ2n) is 7.60. The molecule has 1 aliphatic rings. The maximum atomic E-state index is 12.9. The Morgan fingerprint density at radius 1 is 1.03 bits per heavy atom. The molecule has 0 spiro atoms. The van der Waals surface area contributed by atoms with Gasteiger partial charge in [0.25, 0.3) is 15.9 Å². The second kappa shape index (κ2) is 9.31. The number of amides is 1.